The van der Waals surface area contributed by atoms with E-state index in [0.29, 0.717) is 28.6 Å². The van der Waals surface area contributed by atoms with Crippen LogP contribution >= 0.6 is 0 Å². The molecule has 0 bridgehead atoms. The average molecular weight is 693 g/mol. The lowest BCUT2D eigenvalue weighted by Crippen LogP contribution is -2.25. The van der Waals surface area contributed by atoms with Crippen molar-refractivity contribution in [2.24, 2.45) is 0 Å². The molecule has 0 aliphatic heterocycles. The number of benzene rings is 3. The molecule has 1 N–H and O–H groups in total. The number of nitrogens with zero attached hydrogens (tertiary/aromatic N) is 4. The van der Waals surface area contributed by atoms with Gasteiger partial charge in [0.15, 0.2) is 17.2 Å². The first kappa shape index (κ1) is 37.3. The zero-order valence-corrected chi connectivity index (χ0v) is 28.7. The monoisotopic (exact) mass is 692 g/mol. The molecule has 50 heavy (non-hydrogen) atoms. The first-order chi connectivity index (χ1) is 23.8. The van der Waals surface area contributed by atoms with Crippen molar-refractivity contribution >= 4 is 11.9 Å². The summed E-state index contributed by atoms with van der Waals surface area (Å²) < 4.78 is 64.3. The molecule has 0 radical (unpaired) electrons. The summed E-state index contributed by atoms with van der Waals surface area (Å²) in [4.78, 5) is 21.5. The number of carboxylic acid groups (broad SMARTS) is 1. The van der Waals surface area contributed by atoms with Crippen LogP contribution in [0.15, 0.2) is 54.9 Å². The molecular formula is C37H39F3N4O6. The molecule has 1 aromatic heterocycles. The highest BCUT2D eigenvalue weighted by molar-refractivity contribution is 5.78. The fourth-order valence-electron chi connectivity index (χ4n) is 5.60. The van der Waals surface area contributed by atoms with E-state index in [2.05, 4.69) is 29.9 Å². The number of aryl methyl sites for hydroxylation is 1. The number of hydrogen-bond acceptors (Lipinski definition) is 9. The minimum atomic E-state index is -4.67. The predicted molar refractivity (Wildman–Crippen MR) is 181 cm³/mol. The van der Waals surface area contributed by atoms with Crippen molar-refractivity contribution < 1.29 is 42.0 Å². The molecule has 0 spiro atoms. The molecule has 0 saturated carbocycles. The number of alkyl halides is 3. The normalized spacial score (nSPS) is 11.2. The molecule has 0 fully saturated rings. The van der Waals surface area contributed by atoms with Gasteiger partial charge in [-0.1, -0.05) is 13.8 Å². The topological polar surface area (TPSA) is 127 Å². The van der Waals surface area contributed by atoms with Crippen molar-refractivity contribution in [3.8, 4) is 40.2 Å². The smallest absolute Gasteiger partial charge is 0.416 e. The van der Waals surface area contributed by atoms with Gasteiger partial charge in [-0.05, 0) is 89.5 Å². The van der Waals surface area contributed by atoms with E-state index in [1.807, 2.05) is 25.1 Å². The molecule has 0 amide bonds. The van der Waals surface area contributed by atoms with E-state index in [1.165, 1.54) is 32.7 Å². The quantitative estimate of drug-likeness (QED) is 0.123. The molecular weight excluding hydrogens is 653 g/mol. The van der Waals surface area contributed by atoms with Gasteiger partial charge >= 0.3 is 12.1 Å². The Labute approximate surface area is 289 Å². The van der Waals surface area contributed by atoms with Crippen molar-refractivity contribution in [2.75, 3.05) is 32.8 Å². The Balaban J connectivity index is 1.87. The lowest BCUT2D eigenvalue weighted by atomic mass is 9.90. The average Bonchev–Trinajstić information content (AvgIpc) is 3.09. The Bertz CT molecular complexity index is 1860. The van der Waals surface area contributed by atoms with E-state index < -0.39 is 17.7 Å². The van der Waals surface area contributed by atoms with Crippen LogP contribution in [-0.4, -0.2) is 49.0 Å². The number of hydrogen-bond donors (Lipinski definition) is 1. The Hall–Kier alpha value is -5.51. The molecule has 1 heterocycles. The van der Waals surface area contributed by atoms with Crippen LogP contribution in [0.1, 0.15) is 66.0 Å². The van der Waals surface area contributed by atoms with Crippen LogP contribution < -0.4 is 23.8 Å². The number of methoxy groups -OCH3 is 3. The molecule has 0 aliphatic carbocycles. The summed E-state index contributed by atoms with van der Waals surface area (Å²) in [6, 6.07) is 12.7. The predicted octanol–water partition coefficient (Wildman–Crippen LogP) is 7.94. The van der Waals surface area contributed by atoms with Gasteiger partial charge in [-0.25, -0.2) is 9.97 Å². The van der Waals surface area contributed by atoms with Crippen LogP contribution in [0.2, 0.25) is 0 Å². The van der Waals surface area contributed by atoms with Gasteiger partial charge in [-0.2, -0.15) is 18.4 Å². The van der Waals surface area contributed by atoms with Crippen molar-refractivity contribution in [1.29, 1.82) is 5.26 Å². The van der Waals surface area contributed by atoms with E-state index >= 15 is 0 Å². The number of rotatable bonds is 15. The summed E-state index contributed by atoms with van der Waals surface area (Å²) in [7, 11) is 4.62. The molecule has 4 rings (SSSR count). The van der Waals surface area contributed by atoms with Gasteiger partial charge in [0.25, 0.3) is 0 Å². The second-order valence-corrected chi connectivity index (χ2v) is 11.9. The van der Waals surface area contributed by atoms with E-state index in [4.69, 9.17) is 24.1 Å². The fraction of sp³-hybridized carbons (Fsp3) is 0.351. The van der Waals surface area contributed by atoms with Crippen molar-refractivity contribution in [2.45, 2.75) is 58.8 Å². The van der Waals surface area contributed by atoms with Gasteiger partial charge in [-0.15, -0.1) is 0 Å². The number of ether oxygens (including phenoxy) is 4. The summed E-state index contributed by atoms with van der Waals surface area (Å²) >= 11 is 0. The minimum absolute atomic E-state index is 0.0630. The third kappa shape index (κ3) is 9.13. The molecule has 3 aromatic carbocycles. The highest BCUT2D eigenvalue weighted by Crippen LogP contribution is 2.42. The van der Waals surface area contributed by atoms with Gasteiger partial charge in [0, 0.05) is 25.1 Å². The van der Waals surface area contributed by atoms with Gasteiger partial charge in [0.05, 0.1) is 57.5 Å². The second-order valence-electron chi connectivity index (χ2n) is 11.9. The highest BCUT2D eigenvalue weighted by atomic mass is 19.4. The van der Waals surface area contributed by atoms with Crippen LogP contribution in [0.5, 0.6) is 23.0 Å². The zero-order chi connectivity index (χ0) is 36.6. The van der Waals surface area contributed by atoms with Crippen LogP contribution in [0, 0.1) is 18.3 Å². The molecule has 10 nitrogen and oxygen atoms in total. The summed E-state index contributed by atoms with van der Waals surface area (Å²) in [6.45, 7) is 6.31. The molecule has 0 unspecified atom stereocenters. The van der Waals surface area contributed by atoms with E-state index in [1.54, 1.807) is 18.1 Å². The second kappa shape index (κ2) is 16.3. The number of carboxylic acids is 1. The largest absolute Gasteiger partial charge is 0.496 e. The lowest BCUT2D eigenvalue weighted by Gasteiger charge is -2.26. The van der Waals surface area contributed by atoms with Gasteiger partial charge < -0.3 is 29.0 Å². The van der Waals surface area contributed by atoms with Gasteiger partial charge in [-0.3, -0.25) is 4.79 Å². The third-order valence-corrected chi connectivity index (χ3v) is 7.99. The number of carbonyl (C=O) groups is 1. The number of halogens is 3. The Kier molecular flexibility index (Phi) is 12.1. The summed E-state index contributed by atoms with van der Waals surface area (Å²) in [5, 5.41) is 18.4. The summed E-state index contributed by atoms with van der Waals surface area (Å²) in [5.41, 5.74) is 3.49. The maximum absolute atomic E-state index is 13.9. The Morgan fingerprint density at radius 2 is 1.58 bits per heavy atom. The van der Waals surface area contributed by atoms with E-state index in [9.17, 15) is 23.2 Å². The number of anilines is 1. The molecule has 0 aliphatic rings. The van der Waals surface area contributed by atoms with Crippen LogP contribution in [0.25, 0.3) is 11.1 Å². The Morgan fingerprint density at radius 1 is 0.920 bits per heavy atom. The number of aromatic nitrogens is 2. The maximum Gasteiger partial charge on any atom is 0.416 e. The molecule has 13 heteroatoms. The SMILES string of the molecule is COc1cc(CN(Cc2cc(C#N)cc(C(F)(F)F)c2)c2ncc(OCCCC(=O)O)cn2)c(-c2cc(C(C)C)c(C)cc2OC)cc1OC. The molecule has 0 atom stereocenters. The number of nitriles is 1. The first-order valence-corrected chi connectivity index (χ1v) is 15.7. The standard InChI is InChI=1S/C37H39F3N4O6/c1-22(2)29-15-31(32(47-4)10-23(29)3)30-16-34(49-6)33(48-5)14-26(30)21-44(20-25-11-24(17-41)12-27(13-25)37(38,39)40)36-42-18-28(19-43-36)50-9-7-8-35(45)46/h10-16,18-19,22H,7-9,20-21H2,1-6H3,(H,45,46). The minimum Gasteiger partial charge on any atom is -0.496 e. The summed E-state index contributed by atoms with van der Waals surface area (Å²) in [6.07, 6.45) is -1.63. The molecule has 0 saturated heterocycles. The molecule has 4 aromatic rings. The van der Waals surface area contributed by atoms with E-state index in [0.717, 1.165) is 34.4 Å². The zero-order valence-electron chi connectivity index (χ0n) is 28.7. The van der Waals surface area contributed by atoms with Gasteiger partial charge in [0.2, 0.25) is 5.95 Å². The van der Waals surface area contributed by atoms with Crippen molar-refractivity contribution in [3.05, 3.63) is 88.2 Å². The maximum atomic E-state index is 13.9. The fourth-order valence-corrected chi connectivity index (χ4v) is 5.60. The van der Waals surface area contributed by atoms with E-state index in [-0.39, 0.29) is 55.5 Å². The molecule has 264 valence electrons. The summed E-state index contributed by atoms with van der Waals surface area (Å²) in [5.74, 6) is 1.23. The lowest BCUT2D eigenvalue weighted by molar-refractivity contribution is -0.138. The third-order valence-electron chi connectivity index (χ3n) is 7.99. The Morgan fingerprint density at radius 3 is 2.16 bits per heavy atom. The van der Waals surface area contributed by atoms with Crippen LogP contribution in [0.3, 0.4) is 0 Å². The van der Waals surface area contributed by atoms with Gasteiger partial charge in [0.1, 0.15) is 5.75 Å². The highest BCUT2D eigenvalue weighted by Gasteiger charge is 2.31. The van der Waals surface area contributed by atoms with Crippen molar-refractivity contribution in [3.63, 3.8) is 0 Å². The van der Waals surface area contributed by atoms with Crippen LogP contribution in [0.4, 0.5) is 19.1 Å². The number of aliphatic carboxylic acids is 1. The van der Waals surface area contributed by atoms with Crippen LogP contribution in [-0.2, 0) is 24.1 Å². The first-order valence-electron chi connectivity index (χ1n) is 15.7. The van der Waals surface area contributed by atoms with Crippen molar-refractivity contribution in [1.82, 2.24) is 9.97 Å².